The zero-order valence-electron chi connectivity index (χ0n) is 12.2. The van der Waals surface area contributed by atoms with E-state index >= 15 is 0 Å². The van der Waals surface area contributed by atoms with Gasteiger partial charge in [0.15, 0.2) is 0 Å². The fourth-order valence-corrected chi connectivity index (χ4v) is 2.94. The summed E-state index contributed by atoms with van der Waals surface area (Å²) in [5.74, 6) is -0.898. The van der Waals surface area contributed by atoms with Crippen molar-refractivity contribution < 1.29 is 9.18 Å². The van der Waals surface area contributed by atoms with Crippen molar-refractivity contribution >= 4 is 11.6 Å². The molecule has 3 aromatic rings. The number of pyridine rings is 1. The van der Waals surface area contributed by atoms with Crippen LogP contribution in [0.25, 0.3) is 11.1 Å². The lowest BCUT2D eigenvalue weighted by molar-refractivity contribution is 0.102. The fraction of sp³-hybridized carbons (Fsp3) is 0.0526. The Labute approximate surface area is 132 Å². The number of carbonyl (C=O) groups excluding carboxylic acids is 1. The molecule has 0 aliphatic heterocycles. The molecule has 0 saturated heterocycles. The van der Waals surface area contributed by atoms with E-state index in [4.69, 9.17) is 0 Å². The number of anilines is 1. The summed E-state index contributed by atoms with van der Waals surface area (Å²) >= 11 is 0. The standard InChI is InChI=1S/C19H13FN2O/c20-18-8-5-13(11-21-18)19(23)22-15-6-7-17-14(10-15)9-12-3-1-2-4-16(12)17/h1-8,10-11H,9H2,(H,22,23). The predicted octanol–water partition coefficient (Wildman–Crippen LogP) is 4.04. The van der Waals surface area contributed by atoms with Crippen molar-refractivity contribution in [1.82, 2.24) is 4.98 Å². The molecule has 0 fully saturated rings. The van der Waals surface area contributed by atoms with Crippen LogP contribution in [0.15, 0.2) is 60.8 Å². The van der Waals surface area contributed by atoms with Crippen LogP contribution in [0.2, 0.25) is 0 Å². The predicted molar refractivity (Wildman–Crippen MR) is 86.8 cm³/mol. The van der Waals surface area contributed by atoms with Gasteiger partial charge < -0.3 is 5.32 Å². The SMILES string of the molecule is O=C(Nc1ccc2c(c1)Cc1ccccc1-2)c1ccc(F)nc1. The van der Waals surface area contributed by atoms with Crippen molar-refractivity contribution in [2.24, 2.45) is 0 Å². The molecule has 1 aliphatic rings. The first kappa shape index (κ1) is 13.6. The molecule has 23 heavy (non-hydrogen) atoms. The Bertz CT molecular complexity index is 903. The molecule has 2 aromatic carbocycles. The lowest BCUT2D eigenvalue weighted by Crippen LogP contribution is -2.12. The number of carbonyl (C=O) groups is 1. The third-order valence-corrected chi connectivity index (χ3v) is 4.04. The minimum Gasteiger partial charge on any atom is -0.322 e. The zero-order valence-corrected chi connectivity index (χ0v) is 12.2. The topological polar surface area (TPSA) is 42.0 Å². The summed E-state index contributed by atoms with van der Waals surface area (Å²) in [6, 6.07) is 16.8. The monoisotopic (exact) mass is 304 g/mol. The molecule has 0 unspecified atom stereocenters. The second kappa shape index (κ2) is 5.32. The highest BCUT2D eigenvalue weighted by molar-refractivity contribution is 6.04. The maximum absolute atomic E-state index is 12.8. The lowest BCUT2D eigenvalue weighted by Gasteiger charge is -2.07. The molecule has 1 aliphatic carbocycles. The highest BCUT2D eigenvalue weighted by Gasteiger charge is 2.18. The molecule has 0 bridgehead atoms. The van der Waals surface area contributed by atoms with Crippen LogP contribution < -0.4 is 5.32 Å². The van der Waals surface area contributed by atoms with E-state index in [0.717, 1.165) is 12.1 Å². The van der Waals surface area contributed by atoms with Crippen molar-refractivity contribution in [3.8, 4) is 11.1 Å². The molecule has 1 amide bonds. The number of amides is 1. The summed E-state index contributed by atoms with van der Waals surface area (Å²) in [6.45, 7) is 0. The minimum atomic E-state index is -0.600. The van der Waals surface area contributed by atoms with E-state index in [2.05, 4.69) is 22.4 Å². The second-order valence-electron chi connectivity index (χ2n) is 5.53. The molecule has 4 heteroatoms. The molecule has 0 saturated carbocycles. The van der Waals surface area contributed by atoms with E-state index in [1.807, 2.05) is 30.3 Å². The summed E-state index contributed by atoms with van der Waals surface area (Å²) in [4.78, 5) is 15.7. The van der Waals surface area contributed by atoms with Crippen LogP contribution in [0.3, 0.4) is 0 Å². The molecule has 0 radical (unpaired) electrons. The first-order valence-corrected chi connectivity index (χ1v) is 7.35. The van der Waals surface area contributed by atoms with E-state index in [9.17, 15) is 9.18 Å². The van der Waals surface area contributed by atoms with E-state index < -0.39 is 5.95 Å². The van der Waals surface area contributed by atoms with Crippen molar-refractivity contribution in [3.05, 3.63) is 83.4 Å². The molecule has 1 aromatic heterocycles. The molecular weight excluding hydrogens is 291 g/mol. The van der Waals surface area contributed by atoms with Gasteiger partial charge in [-0.3, -0.25) is 4.79 Å². The van der Waals surface area contributed by atoms with Gasteiger partial charge >= 0.3 is 0 Å². The van der Waals surface area contributed by atoms with Gasteiger partial charge in [-0.05, 0) is 52.9 Å². The van der Waals surface area contributed by atoms with Crippen LogP contribution in [-0.2, 0) is 6.42 Å². The maximum Gasteiger partial charge on any atom is 0.257 e. The van der Waals surface area contributed by atoms with Gasteiger partial charge in [0.1, 0.15) is 0 Å². The van der Waals surface area contributed by atoms with Gasteiger partial charge in [-0.1, -0.05) is 30.3 Å². The second-order valence-corrected chi connectivity index (χ2v) is 5.53. The zero-order chi connectivity index (χ0) is 15.8. The average Bonchev–Trinajstić information content (AvgIpc) is 2.93. The third kappa shape index (κ3) is 2.48. The van der Waals surface area contributed by atoms with Crippen molar-refractivity contribution in [3.63, 3.8) is 0 Å². The van der Waals surface area contributed by atoms with Gasteiger partial charge in [0.05, 0.1) is 5.56 Å². The Morgan fingerprint density at radius 3 is 2.65 bits per heavy atom. The van der Waals surface area contributed by atoms with Gasteiger partial charge in [0, 0.05) is 11.9 Å². The Balaban J connectivity index is 1.59. The summed E-state index contributed by atoms with van der Waals surface area (Å²) in [6.07, 6.45) is 2.10. The fourth-order valence-electron chi connectivity index (χ4n) is 2.94. The van der Waals surface area contributed by atoms with Crippen LogP contribution in [0.4, 0.5) is 10.1 Å². The summed E-state index contributed by atoms with van der Waals surface area (Å²) in [5, 5.41) is 2.83. The largest absolute Gasteiger partial charge is 0.322 e. The Kier molecular flexibility index (Phi) is 3.15. The van der Waals surface area contributed by atoms with Crippen LogP contribution in [0, 0.1) is 5.95 Å². The number of aromatic nitrogens is 1. The number of hydrogen-bond donors (Lipinski definition) is 1. The Morgan fingerprint density at radius 2 is 1.83 bits per heavy atom. The van der Waals surface area contributed by atoms with Crippen LogP contribution >= 0.6 is 0 Å². The van der Waals surface area contributed by atoms with Gasteiger partial charge in [-0.25, -0.2) is 4.98 Å². The van der Waals surface area contributed by atoms with Gasteiger partial charge in [0.2, 0.25) is 5.95 Å². The highest BCUT2D eigenvalue weighted by Crippen LogP contribution is 2.37. The smallest absolute Gasteiger partial charge is 0.257 e. The Hall–Kier alpha value is -3.01. The molecule has 3 nitrogen and oxygen atoms in total. The van der Waals surface area contributed by atoms with Gasteiger partial charge in [-0.15, -0.1) is 0 Å². The van der Waals surface area contributed by atoms with E-state index in [1.165, 1.54) is 40.6 Å². The van der Waals surface area contributed by atoms with E-state index in [0.29, 0.717) is 5.56 Å². The number of rotatable bonds is 2. The summed E-state index contributed by atoms with van der Waals surface area (Å²) in [5.41, 5.74) is 6.01. The van der Waals surface area contributed by atoms with Crippen molar-refractivity contribution in [2.45, 2.75) is 6.42 Å². The van der Waals surface area contributed by atoms with E-state index in [1.54, 1.807) is 0 Å². The first-order valence-electron chi connectivity index (χ1n) is 7.35. The normalized spacial score (nSPS) is 11.7. The third-order valence-electron chi connectivity index (χ3n) is 4.04. The van der Waals surface area contributed by atoms with Crippen molar-refractivity contribution in [1.29, 1.82) is 0 Å². The molecule has 1 heterocycles. The number of halogens is 1. The first-order chi connectivity index (χ1) is 11.2. The molecule has 4 rings (SSSR count). The molecule has 0 atom stereocenters. The summed E-state index contributed by atoms with van der Waals surface area (Å²) < 4.78 is 12.8. The molecule has 0 spiro atoms. The van der Waals surface area contributed by atoms with Gasteiger partial charge in [-0.2, -0.15) is 4.39 Å². The Morgan fingerprint density at radius 1 is 1.00 bits per heavy atom. The van der Waals surface area contributed by atoms with Crippen LogP contribution in [0.1, 0.15) is 21.5 Å². The average molecular weight is 304 g/mol. The van der Waals surface area contributed by atoms with E-state index in [-0.39, 0.29) is 5.91 Å². The lowest BCUT2D eigenvalue weighted by atomic mass is 10.1. The quantitative estimate of drug-likeness (QED) is 0.568. The maximum atomic E-state index is 12.8. The molecule has 1 N–H and O–H groups in total. The number of hydrogen-bond acceptors (Lipinski definition) is 2. The number of nitrogens with one attached hydrogen (secondary N) is 1. The minimum absolute atomic E-state index is 0.298. The molecule has 112 valence electrons. The van der Waals surface area contributed by atoms with Crippen LogP contribution in [-0.4, -0.2) is 10.9 Å². The van der Waals surface area contributed by atoms with Crippen molar-refractivity contribution in [2.75, 3.05) is 5.32 Å². The highest BCUT2D eigenvalue weighted by atomic mass is 19.1. The summed E-state index contributed by atoms with van der Waals surface area (Å²) in [7, 11) is 0. The number of benzene rings is 2. The molecular formula is C19H13FN2O. The van der Waals surface area contributed by atoms with Crippen LogP contribution in [0.5, 0.6) is 0 Å². The number of nitrogens with zero attached hydrogens (tertiary/aromatic N) is 1. The number of fused-ring (bicyclic) bond motifs is 3. The van der Waals surface area contributed by atoms with Gasteiger partial charge in [0.25, 0.3) is 5.91 Å².